The van der Waals surface area contributed by atoms with Gasteiger partial charge in [-0.3, -0.25) is 4.79 Å². The molecule has 2 unspecified atom stereocenters. The smallest absolute Gasteiger partial charge is 0.258 e. The van der Waals surface area contributed by atoms with Crippen molar-refractivity contribution in [1.29, 1.82) is 0 Å². The number of nitrogens with two attached hydrogens (primary N) is 1. The van der Waals surface area contributed by atoms with Crippen molar-refractivity contribution in [3.05, 3.63) is 29.8 Å². The monoisotopic (exact) mass is 366 g/mol. The van der Waals surface area contributed by atoms with Gasteiger partial charge >= 0.3 is 0 Å². The first-order chi connectivity index (χ1) is 11.5. The normalized spacial score (nSPS) is 28.2. The first-order valence-electron chi connectivity index (χ1n) is 9.30. The molecule has 1 aromatic carbocycles. The zero-order valence-electron chi connectivity index (χ0n) is 15.2. The third-order valence-electron chi connectivity index (χ3n) is 5.60. The molecule has 2 atom stereocenters. The molecular formula is C20H31ClN2O2. The lowest BCUT2D eigenvalue weighted by Gasteiger charge is -2.45. The topological polar surface area (TPSA) is 64.3 Å². The van der Waals surface area contributed by atoms with E-state index in [2.05, 4.69) is 25.2 Å². The Morgan fingerprint density at radius 3 is 2.60 bits per heavy atom. The lowest BCUT2D eigenvalue weighted by molar-refractivity contribution is -0.125. The highest BCUT2D eigenvalue weighted by Gasteiger charge is 2.39. The van der Waals surface area contributed by atoms with Crippen LogP contribution in [0.15, 0.2) is 24.3 Å². The van der Waals surface area contributed by atoms with Crippen LogP contribution in [0.4, 0.5) is 0 Å². The van der Waals surface area contributed by atoms with Gasteiger partial charge in [0.25, 0.3) is 5.91 Å². The van der Waals surface area contributed by atoms with Gasteiger partial charge in [-0.2, -0.15) is 0 Å². The van der Waals surface area contributed by atoms with Crippen molar-refractivity contribution >= 4 is 18.3 Å². The van der Waals surface area contributed by atoms with Crippen molar-refractivity contribution in [2.75, 3.05) is 6.61 Å². The number of ether oxygens (including phenoxy) is 1. The molecule has 3 rings (SSSR count). The number of hydrogen-bond acceptors (Lipinski definition) is 3. The molecule has 1 amide bonds. The zero-order chi connectivity index (χ0) is 17.1. The fourth-order valence-corrected chi connectivity index (χ4v) is 4.36. The maximum atomic E-state index is 12.3. The van der Waals surface area contributed by atoms with E-state index in [4.69, 9.17) is 10.5 Å². The highest BCUT2D eigenvalue weighted by atomic mass is 35.5. The molecule has 0 heterocycles. The average Bonchev–Trinajstić information content (AvgIpc) is 2.54. The first-order valence-corrected chi connectivity index (χ1v) is 9.30. The van der Waals surface area contributed by atoms with Crippen molar-refractivity contribution in [3.8, 4) is 5.75 Å². The summed E-state index contributed by atoms with van der Waals surface area (Å²) in [5.74, 6) is 2.29. The second-order valence-electron chi connectivity index (χ2n) is 7.79. The summed E-state index contributed by atoms with van der Waals surface area (Å²) in [5, 5.41) is 3.23. The Kier molecular flexibility index (Phi) is 7.14. The third kappa shape index (κ3) is 5.11. The zero-order valence-corrected chi connectivity index (χ0v) is 16.1. The molecule has 3 N–H and O–H groups in total. The van der Waals surface area contributed by atoms with Gasteiger partial charge in [-0.15, -0.1) is 12.4 Å². The minimum atomic E-state index is -0.0117. The Morgan fingerprint density at radius 2 is 1.96 bits per heavy atom. The predicted octanol–water partition coefficient (Wildman–Crippen LogP) is 3.63. The molecule has 0 radical (unpaired) electrons. The Labute approximate surface area is 157 Å². The molecule has 0 spiro atoms. The lowest BCUT2D eigenvalue weighted by Crippen LogP contribution is -2.54. The molecule has 0 aromatic heterocycles. The molecular weight excluding hydrogens is 336 g/mol. The van der Waals surface area contributed by atoms with Gasteiger partial charge in [-0.05, 0) is 61.1 Å². The maximum absolute atomic E-state index is 12.3. The van der Waals surface area contributed by atoms with Gasteiger partial charge < -0.3 is 15.8 Å². The number of halogens is 1. The first kappa shape index (κ1) is 20.1. The van der Waals surface area contributed by atoms with Crippen LogP contribution in [-0.4, -0.2) is 24.6 Å². The molecule has 140 valence electrons. The van der Waals surface area contributed by atoms with E-state index in [1.54, 1.807) is 0 Å². The van der Waals surface area contributed by atoms with Crippen LogP contribution in [0.5, 0.6) is 5.75 Å². The van der Waals surface area contributed by atoms with Crippen molar-refractivity contribution in [1.82, 2.24) is 5.32 Å². The lowest BCUT2D eigenvalue weighted by atomic mass is 9.67. The van der Waals surface area contributed by atoms with Gasteiger partial charge in [0, 0.05) is 12.1 Å². The largest absolute Gasteiger partial charge is 0.484 e. The van der Waals surface area contributed by atoms with E-state index < -0.39 is 0 Å². The minimum Gasteiger partial charge on any atom is -0.484 e. The molecule has 2 bridgehead atoms. The quantitative estimate of drug-likeness (QED) is 0.836. The van der Waals surface area contributed by atoms with Crippen LogP contribution >= 0.6 is 12.4 Å². The number of nitrogens with one attached hydrogen (secondary N) is 1. The second kappa shape index (κ2) is 8.91. The van der Waals surface area contributed by atoms with Gasteiger partial charge in [0.15, 0.2) is 6.61 Å². The fourth-order valence-electron chi connectivity index (χ4n) is 4.36. The summed E-state index contributed by atoms with van der Waals surface area (Å²) in [6.45, 7) is 4.39. The Morgan fingerprint density at radius 1 is 1.28 bits per heavy atom. The summed E-state index contributed by atoms with van der Waals surface area (Å²) in [6, 6.07) is 8.60. The highest BCUT2D eigenvalue weighted by molar-refractivity contribution is 5.85. The molecule has 2 aliphatic carbocycles. The summed E-state index contributed by atoms with van der Waals surface area (Å²) in [7, 11) is 0. The summed E-state index contributed by atoms with van der Waals surface area (Å²) in [6.07, 6.45) is 5.73. The number of carbonyl (C=O) groups is 1. The SMILES string of the molecule is CC(C)c1cccc(OCC(=O)NC2C3CCCC2CC(N)C3)c1.Cl. The Balaban J connectivity index is 0.00000225. The molecule has 1 aromatic rings. The fraction of sp³-hybridized carbons (Fsp3) is 0.650. The van der Waals surface area contributed by atoms with Gasteiger partial charge in [-0.1, -0.05) is 32.4 Å². The van der Waals surface area contributed by atoms with E-state index in [0.717, 1.165) is 18.6 Å². The molecule has 25 heavy (non-hydrogen) atoms. The van der Waals surface area contributed by atoms with E-state index in [9.17, 15) is 4.79 Å². The van der Waals surface area contributed by atoms with Crippen molar-refractivity contribution < 1.29 is 9.53 Å². The molecule has 2 aliphatic rings. The van der Waals surface area contributed by atoms with Crippen LogP contribution in [0.1, 0.15) is 57.4 Å². The van der Waals surface area contributed by atoms with Crippen molar-refractivity contribution in [2.45, 2.75) is 64.0 Å². The average molecular weight is 367 g/mol. The van der Waals surface area contributed by atoms with Gasteiger partial charge in [0.2, 0.25) is 0 Å². The summed E-state index contributed by atoms with van der Waals surface area (Å²) >= 11 is 0. The van der Waals surface area contributed by atoms with Gasteiger partial charge in [-0.25, -0.2) is 0 Å². The maximum Gasteiger partial charge on any atom is 0.258 e. The van der Waals surface area contributed by atoms with Crippen molar-refractivity contribution in [3.63, 3.8) is 0 Å². The number of benzene rings is 1. The van der Waals surface area contributed by atoms with Gasteiger partial charge in [0.1, 0.15) is 5.75 Å². The summed E-state index contributed by atoms with van der Waals surface area (Å²) in [4.78, 5) is 12.3. The minimum absolute atomic E-state index is 0. The van der Waals surface area contributed by atoms with E-state index in [1.807, 2.05) is 18.2 Å². The second-order valence-corrected chi connectivity index (χ2v) is 7.79. The standard InChI is InChI=1S/C20H30N2O2.ClH/c1-13(2)14-5-4-8-18(11-14)24-12-19(23)22-20-15-6-3-7-16(20)10-17(21)9-15;/h4-5,8,11,13,15-17,20H,3,6-7,9-10,12,21H2,1-2H3,(H,22,23);1H. The number of amides is 1. The molecule has 0 aliphatic heterocycles. The molecule has 0 saturated heterocycles. The van der Waals surface area contributed by atoms with Crippen LogP contribution < -0.4 is 15.8 Å². The number of carbonyl (C=O) groups excluding carboxylic acids is 1. The Hall–Kier alpha value is -1.26. The number of rotatable bonds is 5. The number of fused-ring (bicyclic) bond motifs is 2. The van der Waals surface area contributed by atoms with E-state index in [-0.39, 0.29) is 31.0 Å². The van der Waals surface area contributed by atoms with E-state index in [1.165, 1.54) is 24.8 Å². The highest BCUT2D eigenvalue weighted by Crippen LogP contribution is 2.39. The molecule has 2 saturated carbocycles. The third-order valence-corrected chi connectivity index (χ3v) is 5.60. The molecule has 5 heteroatoms. The summed E-state index contributed by atoms with van der Waals surface area (Å²) < 4.78 is 5.71. The van der Waals surface area contributed by atoms with E-state index >= 15 is 0 Å². The van der Waals surface area contributed by atoms with Crippen LogP contribution in [0.2, 0.25) is 0 Å². The molecule has 4 nitrogen and oxygen atoms in total. The van der Waals surface area contributed by atoms with Crippen LogP contribution in [0.3, 0.4) is 0 Å². The van der Waals surface area contributed by atoms with Gasteiger partial charge in [0.05, 0.1) is 0 Å². The van der Waals surface area contributed by atoms with Crippen LogP contribution in [0, 0.1) is 11.8 Å². The Bertz CT molecular complexity index is 565. The van der Waals surface area contributed by atoms with E-state index in [0.29, 0.717) is 23.8 Å². The van der Waals surface area contributed by atoms with Crippen LogP contribution in [0.25, 0.3) is 0 Å². The number of hydrogen-bond donors (Lipinski definition) is 2. The predicted molar refractivity (Wildman–Crippen MR) is 103 cm³/mol. The van der Waals surface area contributed by atoms with Crippen molar-refractivity contribution in [2.24, 2.45) is 17.6 Å². The van der Waals surface area contributed by atoms with Crippen LogP contribution in [-0.2, 0) is 4.79 Å². The molecule has 2 fully saturated rings. The summed E-state index contributed by atoms with van der Waals surface area (Å²) in [5.41, 5.74) is 7.38.